The highest BCUT2D eigenvalue weighted by atomic mass is 16.5. The van der Waals surface area contributed by atoms with E-state index >= 15 is 0 Å². The van der Waals surface area contributed by atoms with Gasteiger partial charge < -0.3 is 19.7 Å². The molecule has 5 heteroatoms. The van der Waals surface area contributed by atoms with Gasteiger partial charge in [-0.15, -0.1) is 0 Å². The summed E-state index contributed by atoms with van der Waals surface area (Å²) < 4.78 is 11.2. The number of carbonyl (C=O) groups excluding carboxylic acids is 1. The lowest BCUT2D eigenvalue weighted by Gasteiger charge is -2.28. The number of benzene rings is 1. The van der Waals surface area contributed by atoms with Gasteiger partial charge >= 0.3 is 0 Å². The fourth-order valence-electron chi connectivity index (χ4n) is 3.48. The fourth-order valence-corrected chi connectivity index (χ4v) is 3.48. The van der Waals surface area contributed by atoms with Crippen molar-refractivity contribution in [2.24, 2.45) is 5.92 Å². The Morgan fingerprint density at radius 2 is 2.00 bits per heavy atom. The number of nitrogens with one attached hydrogen (secondary N) is 1. The molecule has 0 aromatic heterocycles. The highest BCUT2D eigenvalue weighted by Gasteiger charge is 2.29. The average Bonchev–Trinajstić information content (AvgIpc) is 3.10. The van der Waals surface area contributed by atoms with Crippen molar-refractivity contribution in [1.29, 1.82) is 0 Å². The van der Waals surface area contributed by atoms with Gasteiger partial charge in [0.1, 0.15) is 0 Å². The molecule has 3 atom stereocenters. The van der Waals surface area contributed by atoms with Crippen LogP contribution in [0.4, 0.5) is 0 Å². The van der Waals surface area contributed by atoms with E-state index in [0.717, 1.165) is 32.7 Å². The second-order valence-corrected chi connectivity index (χ2v) is 6.76. The van der Waals surface area contributed by atoms with Crippen LogP contribution in [0.1, 0.15) is 31.4 Å². The summed E-state index contributed by atoms with van der Waals surface area (Å²) in [6.07, 6.45) is 1.78. The predicted molar refractivity (Wildman–Crippen MR) is 92.7 cm³/mol. The van der Waals surface area contributed by atoms with Crippen LogP contribution in [0, 0.1) is 5.92 Å². The van der Waals surface area contributed by atoms with E-state index in [1.54, 1.807) is 0 Å². The number of hydrogen-bond donors (Lipinski definition) is 1. The molecule has 0 aliphatic carbocycles. The Kier molecular flexibility index (Phi) is 6.24. The van der Waals surface area contributed by atoms with Crippen molar-refractivity contribution in [3.63, 3.8) is 0 Å². The monoisotopic (exact) mass is 332 g/mol. The molecule has 1 aromatic rings. The van der Waals surface area contributed by atoms with Gasteiger partial charge in [-0.25, -0.2) is 0 Å². The highest BCUT2D eigenvalue weighted by Crippen LogP contribution is 2.33. The van der Waals surface area contributed by atoms with Gasteiger partial charge in [-0.2, -0.15) is 0 Å². The van der Waals surface area contributed by atoms with Crippen molar-refractivity contribution in [2.45, 2.75) is 31.9 Å². The molecule has 0 unspecified atom stereocenters. The molecule has 5 nitrogen and oxygen atoms in total. The Bertz CT molecular complexity index is 517. The van der Waals surface area contributed by atoms with E-state index in [2.05, 4.69) is 36.5 Å². The van der Waals surface area contributed by atoms with Crippen molar-refractivity contribution in [3.05, 3.63) is 35.9 Å². The molecular formula is C19H28N2O3. The number of carbonyl (C=O) groups is 1. The molecule has 2 fully saturated rings. The minimum atomic E-state index is 0.167. The minimum Gasteiger partial charge on any atom is -0.378 e. The zero-order valence-corrected chi connectivity index (χ0v) is 14.4. The molecular weight excluding hydrogens is 304 g/mol. The summed E-state index contributed by atoms with van der Waals surface area (Å²) in [5.74, 6) is 0.689. The van der Waals surface area contributed by atoms with Crippen LogP contribution in [0.2, 0.25) is 0 Å². The van der Waals surface area contributed by atoms with Gasteiger partial charge in [-0.1, -0.05) is 30.3 Å². The molecule has 2 aliphatic rings. The Labute approximate surface area is 144 Å². The molecule has 1 N–H and O–H groups in total. The smallest absolute Gasteiger partial charge is 0.224 e. The van der Waals surface area contributed by atoms with Gasteiger partial charge in [0.15, 0.2) is 0 Å². The summed E-state index contributed by atoms with van der Waals surface area (Å²) in [5, 5.41) is 3.54. The van der Waals surface area contributed by atoms with Crippen LogP contribution in [0.5, 0.6) is 0 Å². The maximum Gasteiger partial charge on any atom is 0.224 e. The van der Waals surface area contributed by atoms with Crippen LogP contribution in [0.25, 0.3) is 0 Å². The molecule has 2 heterocycles. The molecule has 1 aromatic carbocycles. The first-order valence-corrected chi connectivity index (χ1v) is 8.99. The van der Waals surface area contributed by atoms with Crippen molar-refractivity contribution in [1.82, 2.24) is 10.2 Å². The SMILES string of the molecule is C[C@H](CC(=O)N1CCOCC1)NC[C@H]1CCO[C@@H]1c1ccccc1. The number of hydrogen-bond acceptors (Lipinski definition) is 4. The summed E-state index contributed by atoms with van der Waals surface area (Å²) >= 11 is 0. The van der Waals surface area contributed by atoms with Crippen LogP contribution in [0.15, 0.2) is 30.3 Å². The zero-order valence-electron chi connectivity index (χ0n) is 14.4. The Balaban J connectivity index is 1.45. The molecule has 0 radical (unpaired) electrons. The average molecular weight is 332 g/mol. The molecule has 0 saturated carbocycles. The lowest BCUT2D eigenvalue weighted by molar-refractivity contribution is -0.135. The van der Waals surface area contributed by atoms with Crippen LogP contribution < -0.4 is 5.32 Å². The molecule has 0 bridgehead atoms. The summed E-state index contributed by atoms with van der Waals surface area (Å²) in [7, 11) is 0. The molecule has 24 heavy (non-hydrogen) atoms. The topological polar surface area (TPSA) is 50.8 Å². The second kappa shape index (κ2) is 8.60. The maximum absolute atomic E-state index is 12.3. The summed E-state index contributed by atoms with van der Waals surface area (Å²) in [6.45, 7) is 6.55. The number of nitrogens with zero attached hydrogens (tertiary/aromatic N) is 1. The lowest BCUT2D eigenvalue weighted by atomic mass is 9.95. The lowest BCUT2D eigenvalue weighted by Crippen LogP contribution is -2.43. The number of amides is 1. The Hall–Kier alpha value is -1.43. The normalized spacial score (nSPS) is 25.6. The second-order valence-electron chi connectivity index (χ2n) is 6.76. The van der Waals surface area contributed by atoms with E-state index < -0.39 is 0 Å². The van der Waals surface area contributed by atoms with Crippen molar-refractivity contribution < 1.29 is 14.3 Å². The summed E-state index contributed by atoms with van der Waals surface area (Å²) in [4.78, 5) is 14.2. The molecule has 3 rings (SSSR count). The van der Waals surface area contributed by atoms with Gasteiger partial charge in [0, 0.05) is 44.6 Å². The quantitative estimate of drug-likeness (QED) is 0.866. The number of rotatable bonds is 6. The third-order valence-corrected chi connectivity index (χ3v) is 4.92. The van der Waals surface area contributed by atoms with Crippen LogP contribution in [-0.4, -0.2) is 56.3 Å². The maximum atomic E-state index is 12.3. The van der Waals surface area contributed by atoms with Crippen LogP contribution in [0.3, 0.4) is 0 Å². The predicted octanol–water partition coefficient (Wildman–Crippen LogP) is 1.99. The zero-order chi connectivity index (χ0) is 16.8. The van der Waals surface area contributed by atoms with Gasteiger partial charge in [0.05, 0.1) is 19.3 Å². The van der Waals surface area contributed by atoms with Crippen molar-refractivity contribution in [2.75, 3.05) is 39.5 Å². The number of ether oxygens (including phenoxy) is 2. The first-order valence-electron chi connectivity index (χ1n) is 8.99. The summed E-state index contributed by atoms with van der Waals surface area (Å²) in [5.41, 5.74) is 1.25. The van der Waals surface area contributed by atoms with Gasteiger partial charge in [-0.05, 0) is 18.9 Å². The van der Waals surface area contributed by atoms with E-state index in [4.69, 9.17) is 9.47 Å². The van der Waals surface area contributed by atoms with E-state index in [-0.39, 0.29) is 18.1 Å². The Morgan fingerprint density at radius 1 is 1.25 bits per heavy atom. The van der Waals surface area contributed by atoms with Gasteiger partial charge in [-0.3, -0.25) is 4.79 Å². The van der Waals surface area contributed by atoms with Crippen molar-refractivity contribution >= 4 is 5.91 Å². The van der Waals surface area contributed by atoms with E-state index in [1.807, 2.05) is 11.0 Å². The van der Waals surface area contributed by atoms with Gasteiger partial charge in [0.25, 0.3) is 0 Å². The largest absolute Gasteiger partial charge is 0.378 e. The highest BCUT2D eigenvalue weighted by molar-refractivity contribution is 5.76. The first kappa shape index (κ1) is 17.4. The standard InChI is InChI=1S/C19H28N2O3/c1-15(13-18(22)21-8-11-23-12-9-21)20-14-17-7-10-24-19(17)16-5-3-2-4-6-16/h2-6,15,17,19-20H,7-14H2,1H3/t15-,17-,19-/m1/s1. The van der Waals surface area contributed by atoms with E-state index in [1.165, 1.54) is 5.56 Å². The molecule has 2 saturated heterocycles. The van der Waals surface area contributed by atoms with Gasteiger partial charge in [0.2, 0.25) is 5.91 Å². The molecule has 0 spiro atoms. The third-order valence-electron chi connectivity index (χ3n) is 4.92. The van der Waals surface area contributed by atoms with Crippen LogP contribution >= 0.6 is 0 Å². The number of morpholine rings is 1. The third kappa shape index (κ3) is 4.56. The molecule has 2 aliphatic heterocycles. The molecule has 1 amide bonds. The summed E-state index contributed by atoms with van der Waals surface area (Å²) in [6, 6.07) is 10.6. The fraction of sp³-hybridized carbons (Fsp3) is 0.632. The van der Waals surface area contributed by atoms with E-state index in [0.29, 0.717) is 25.6 Å². The van der Waals surface area contributed by atoms with E-state index in [9.17, 15) is 4.79 Å². The minimum absolute atomic E-state index is 0.167. The first-order chi connectivity index (χ1) is 11.7. The Morgan fingerprint density at radius 3 is 2.75 bits per heavy atom. The molecule has 132 valence electrons. The van der Waals surface area contributed by atoms with Crippen LogP contribution in [-0.2, 0) is 14.3 Å². The van der Waals surface area contributed by atoms with Crippen molar-refractivity contribution in [3.8, 4) is 0 Å².